The molecule has 1 atom stereocenters. The van der Waals surface area contributed by atoms with Crippen molar-refractivity contribution in [1.29, 1.82) is 0 Å². The molecule has 3 heterocycles. The summed E-state index contributed by atoms with van der Waals surface area (Å²) < 4.78 is 46.6. The van der Waals surface area contributed by atoms with E-state index in [0.29, 0.717) is 25.2 Å². The minimum atomic E-state index is -2.97. The molecule has 0 saturated carbocycles. The minimum Gasteiger partial charge on any atom is -0.381 e. The molecule has 2 aromatic rings. The van der Waals surface area contributed by atoms with E-state index >= 15 is 0 Å². The summed E-state index contributed by atoms with van der Waals surface area (Å²) in [5, 5.41) is 0.0768. The summed E-state index contributed by atoms with van der Waals surface area (Å²) in [6.45, 7) is 1.44. The van der Waals surface area contributed by atoms with Crippen LogP contribution < -0.4 is 4.90 Å². The number of ether oxygens (including phenoxy) is 1. The molecule has 4 rings (SSSR count). The number of aromatic nitrogens is 1. The molecule has 2 fully saturated rings. The number of piperazine rings is 1. The summed E-state index contributed by atoms with van der Waals surface area (Å²) in [5.41, 5.74) is 0.471. The highest BCUT2D eigenvalue weighted by Crippen LogP contribution is 2.30. The van der Waals surface area contributed by atoms with E-state index in [1.54, 1.807) is 0 Å². The number of pyridine rings is 1. The molecular weight excluding hydrogens is 447 g/mol. The molecule has 0 spiro atoms. The molecule has 2 aliphatic heterocycles. The number of nitrogens with zero attached hydrogens (tertiary/aromatic N) is 3. The zero-order valence-electron chi connectivity index (χ0n) is 17.2. The third-order valence-corrected chi connectivity index (χ3v) is 5.87. The van der Waals surface area contributed by atoms with Gasteiger partial charge >= 0.3 is 0 Å². The molecule has 0 radical (unpaired) electrons. The maximum Gasteiger partial charge on any atom is 0.270 e. The Hall–Kier alpha value is -2.65. The van der Waals surface area contributed by atoms with Crippen LogP contribution in [0.15, 0.2) is 36.5 Å². The number of halogens is 4. The van der Waals surface area contributed by atoms with Gasteiger partial charge in [-0.05, 0) is 18.1 Å². The second-order valence-electron chi connectivity index (χ2n) is 8.15. The topological polar surface area (TPSA) is 62.7 Å². The van der Waals surface area contributed by atoms with Crippen molar-refractivity contribution in [3.8, 4) is 0 Å². The van der Waals surface area contributed by atoms with Gasteiger partial charge in [-0.15, -0.1) is 0 Å². The smallest absolute Gasteiger partial charge is 0.270 e. The van der Waals surface area contributed by atoms with Crippen LogP contribution in [0.2, 0.25) is 5.02 Å². The van der Waals surface area contributed by atoms with Gasteiger partial charge in [-0.25, -0.2) is 18.2 Å². The van der Waals surface area contributed by atoms with Crippen LogP contribution in [0.25, 0.3) is 0 Å². The Labute approximate surface area is 187 Å². The third kappa shape index (κ3) is 4.59. The van der Waals surface area contributed by atoms with Gasteiger partial charge in [-0.2, -0.15) is 0 Å². The first-order chi connectivity index (χ1) is 15.1. The number of carbonyl (C=O) groups is 2. The molecule has 10 heteroatoms. The average molecular weight is 468 g/mol. The van der Waals surface area contributed by atoms with E-state index in [9.17, 15) is 22.8 Å². The SMILES string of the molecule is CC(F)(F)c1ccc(CN2C(=O)CN(c3ncc(Cl)cc3F)C(=O)C2CC2COC2)cc1. The van der Waals surface area contributed by atoms with Gasteiger partial charge in [0.1, 0.15) is 12.6 Å². The van der Waals surface area contributed by atoms with Gasteiger partial charge in [0, 0.05) is 31.1 Å². The van der Waals surface area contributed by atoms with Gasteiger partial charge < -0.3 is 9.64 Å². The predicted molar refractivity (Wildman–Crippen MR) is 111 cm³/mol. The summed E-state index contributed by atoms with van der Waals surface area (Å²) in [4.78, 5) is 32.7. The van der Waals surface area contributed by atoms with Gasteiger partial charge in [0.25, 0.3) is 11.8 Å². The van der Waals surface area contributed by atoms with E-state index < -0.39 is 29.6 Å². The molecule has 32 heavy (non-hydrogen) atoms. The molecule has 170 valence electrons. The van der Waals surface area contributed by atoms with E-state index in [1.165, 1.54) is 35.4 Å². The Morgan fingerprint density at radius 1 is 1.22 bits per heavy atom. The number of hydrogen-bond donors (Lipinski definition) is 0. The van der Waals surface area contributed by atoms with E-state index in [0.717, 1.165) is 17.9 Å². The zero-order valence-corrected chi connectivity index (χ0v) is 18.0. The maximum atomic E-state index is 14.4. The van der Waals surface area contributed by atoms with E-state index in [2.05, 4.69) is 4.98 Å². The summed E-state index contributed by atoms with van der Waals surface area (Å²) in [7, 11) is 0. The zero-order chi connectivity index (χ0) is 23.0. The second kappa shape index (κ2) is 8.71. The first kappa shape index (κ1) is 22.5. The molecule has 0 N–H and O–H groups in total. The number of alkyl halides is 2. The fourth-order valence-corrected chi connectivity index (χ4v) is 3.98. The Morgan fingerprint density at radius 2 is 1.91 bits per heavy atom. The normalized spacial score (nSPS) is 20.0. The lowest BCUT2D eigenvalue weighted by Crippen LogP contribution is -2.61. The predicted octanol–water partition coefficient (Wildman–Crippen LogP) is 3.77. The highest BCUT2D eigenvalue weighted by Gasteiger charge is 2.43. The van der Waals surface area contributed by atoms with E-state index in [-0.39, 0.29) is 35.4 Å². The molecule has 1 aromatic heterocycles. The summed E-state index contributed by atoms with van der Waals surface area (Å²) >= 11 is 5.76. The number of rotatable bonds is 6. The number of carbonyl (C=O) groups excluding carboxylic acids is 2. The van der Waals surface area contributed by atoms with Crippen molar-refractivity contribution in [2.45, 2.75) is 31.9 Å². The standard InChI is InChI=1S/C22H21ClF3N3O3/c1-22(25,26)15-4-2-13(3-5-15)9-28-18(6-14-11-32-12-14)21(31)29(10-19(28)30)20-17(24)7-16(23)8-27-20/h2-5,7-8,14,18H,6,9-12H2,1H3. The fourth-order valence-electron chi connectivity index (χ4n) is 3.84. The Balaban J connectivity index is 1.60. The van der Waals surface area contributed by atoms with Crippen LogP contribution in [-0.2, 0) is 26.8 Å². The summed E-state index contributed by atoms with van der Waals surface area (Å²) in [6, 6.07) is 5.82. The van der Waals surface area contributed by atoms with Crippen LogP contribution in [0.4, 0.5) is 19.0 Å². The largest absolute Gasteiger partial charge is 0.381 e. The van der Waals surface area contributed by atoms with Crippen LogP contribution in [0.1, 0.15) is 24.5 Å². The Morgan fingerprint density at radius 3 is 2.47 bits per heavy atom. The summed E-state index contributed by atoms with van der Waals surface area (Å²) in [6.07, 6.45) is 1.56. The van der Waals surface area contributed by atoms with Gasteiger partial charge in [0.2, 0.25) is 5.91 Å². The molecule has 6 nitrogen and oxygen atoms in total. The van der Waals surface area contributed by atoms with Crippen LogP contribution >= 0.6 is 11.6 Å². The Bertz CT molecular complexity index is 1030. The van der Waals surface area contributed by atoms with Crippen LogP contribution in [-0.4, -0.2) is 47.5 Å². The van der Waals surface area contributed by atoms with Crippen molar-refractivity contribution in [1.82, 2.24) is 9.88 Å². The first-order valence-electron chi connectivity index (χ1n) is 10.1. The van der Waals surface area contributed by atoms with Gasteiger partial charge in [0.15, 0.2) is 11.6 Å². The lowest BCUT2D eigenvalue weighted by Gasteiger charge is -2.42. The lowest BCUT2D eigenvalue weighted by molar-refractivity contribution is -0.146. The maximum absolute atomic E-state index is 14.4. The third-order valence-electron chi connectivity index (χ3n) is 5.66. The van der Waals surface area contributed by atoms with Crippen LogP contribution in [0.3, 0.4) is 0 Å². The van der Waals surface area contributed by atoms with E-state index in [4.69, 9.17) is 16.3 Å². The molecule has 2 amide bonds. The summed E-state index contributed by atoms with van der Waals surface area (Å²) in [5.74, 6) is -4.79. The van der Waals surface area contributed by atoms with Crippen molar-refractivity contribution in [3.63, 3.8) is 0 Å². The lowest BCUT2D eigenvalue weighted by atomic mass is 9.94. The highest BCUT2D eigenvalue weighted by molar-refractivity contribution is 6.30. The molecule has 0 aliphatic carbocycles. The quantitative estimate of drug-likeness (QED) is 0.649. The van der Waals surface area contributed by atoms with Gasteiger partial charge in [-0.1, -0.05) is 35.9 Å². The second-order valence-corrected chi connectivity index (χ2v) is 8.58. The number of benzene rings is 1. The highest BCUT2D eigenvalue weighted by atomic mass is 35.5. The van der Waals surface area contributed by atoms with Crippen molar-refractivity contribution in [2.24, 2.45) is 5.92 Å². The average Bonchev–Trinajstić information content (AvgIpc) is 2.69. The molecule has 2 aliphatic rings. The monoisotopic (exact) mass is 467 g/mol. The van der Waals surface area contributed by atoms with Crippen molar-refractivity contribution in [2.75, 3.05) is 24.7 Å². The first-order valence-corrected chi connectivity index (χ1v) is 10.5. The number of amides is 2. The molecule has 0 bridgehead atoms. The fraction of sp³-hybridized carbons (Fsp3) is 0.409. The molecular formula is C22H21ClF3N3O3. The van der Waals surface area contributed by atoms with Gasteiger partial charge in [-0.3, -0.25) is 14.5 Å². The van der Waals surface area contributed by atoms with Crippen LogP contribution in [0, 0.1) is 11.7 Å². The molecule has 2 saturated heterocycles. The molecule has 1 aromatic carbocycles. The van der Waals surface area contributed by atoms with Crippen LogP contribution in [0.5, 0.6) is 0 Å². The van der Waals surface area contributed by atoms with Crippen molar-refractivity contribution >= 4 is 29.2 Å². The van der Waals surface area contributed by atoms with E-state index in [1.807, 2.05) is 0 Å². The minimum absolute atomic E-state index is 0.0722. The number of hydrogen-bond acceptors (Lipinski definition) is 4. The Kier molecular flexibility index (Phi) is 6.13. The van der Waals surface area contributed by atoms with Crippen molar-refractivity contribution in [3.05, 3.63) is 58.5 Å². The van der Waals surface area contributed by atoms with Crippen molar-refractivity contribution < 1.29 is 27.5 Å². The molecule has 1 unspecified atom stereocenters. The number of anilines is 1. The van der Waals surface area contributed by atoms with Gasteiger partial charge in [0.05, 0.1) is 18.2 Å².